The summed E-state index contributed by atoms with van der Waals surface area (Å²) in [5, 5.41) is 2.98. The molecule has 92 valence electrons. The third-order valence-corrected chi connectivity index (χ3v) is 4.06. The largest absolute Gasteiger partial charge is 0.383 e. The average molecular weight is 251 g/mol. The van der Waals surface area contributed by atoms with Gasteiger partial charge in [0, 0.05) is 18.0 Å². The van der Waals surface area contributed by atoms with Crippen LogP contribution < -0.4 is 5.32 Å². The predicted octanol–water partition coefficient (Wildman–Crippen LogP) is 1.85. The van der Waals surface area contributed by atoms with Crippen molar-refractivity contribution in [3.8, 4) is 0 Å². The van der Waals surface area contributed by atoms with Crippen LogP contribution in [0.25, 0.3) is 0 Å². The van der Waals surface area contributed by atoms with Crippen molar-refractivity contribution < 1.29 is 9.53 Å². The number of hydrogen-bond acceptors (Lipinski definition) is 3. The summed E-state index contributed by atoms with van der Waals surface area (Å²) >= 11 is 1.65. The third-order valence-electron chi connectivity index (χ3n) is 2.74. The Bertz CT molecular complexity index is 383. The van der Waals surface area contributed by atoms with Crippen LogP contribution in [0.1, 0.15) is 12.5 Å². The van der Waals surface area contributed by atoms with Gasteiger partial charge in [0.1, 0.15) is 0 Å². The maximum absolute atomic E-state index is 12.0. The Hall–Kier alpha value is -1.00. The Labute approximate surface area is 106 Å². The Kier molecular flexibility index (Phi) is 4.07. The van der Waals surface area contributed by atoms with E-state index < -0.39 is 0 Å². The highest BCUT2D eigenvalue weighted by molar-refractivity contribution is 8.01. The van der Waals surface area contributed by atoms with E-state index in [1.807, 2.05) is 19.1 Å². The molecule has 2 atom stereocenters. The van der Waals surface area contributed by atoms with E-state index in [1.54, 1.807) is 18.9 Å². The molecule has 0 fully saturated rings. The van der Waals surface area contributed by atoms with Crippen molar-refractivity contribution in [2.24, 2.45) is 0 Å². The summed E-state index contributed by atoms with van der Waals surface area (Å²) in [6, 6.07) is 8.27. The molecule has 0 saturated carbocycles. The van der Waals surface area contributed by atoms with Gasteiger partial charge in [0.2, 0.25) is 5.91 Å². The normalized spacial score (nSPS) is 19.8. The van der Waals surface area contributed by atoms with E-state index in [-0.39, 0.29) is 17.2 Å². The maximum Gasteiger partial charge on any atom is 0.234 e. The number of nitrogens with one attached hydrogen (secondary N) is 1. The van der Waals surface area contributed by atoms with Crippen LogP contribution in [0.15, 0.2) is 29.2 Å². The Morgan fingerprint density at radius 2 is 2.35 bits per heavy atom. The first kappa shape index (κ1) is 12.5. The van der Waals surface area contributed by atoms with Crippen molar-refractivity contribution in [2.75, 3.05) is 13.7 Å². The molecule has 1 heterocycles. The molecular formula is C13H17NO2S. The number of ether oxygens (including phenoxy) is 1. The molecule has 0 aromatic heterocycles. The number of benzene rings is 1. The van der Waals surface area contributed by atoms with Crippen LogP contribution >= 0.6 is 11.8 Å². The third kappa shape index (κ3) is 3.01. The number of thioether (sulfide) groups is 1. The molecule has 0 saturated heterocycles. The topological polar surface area (TPSA) is 38.3 Å². The van der Waals surface area contributed by atoms with Gasteiger partial charge in [-0.3, -0.25) is 4.79 Å². The fraction of sp³-hybridized carbons (Fsp3) is 0.462. The zero-order chi connectivity index (χ0) is 12.3. The summed E-state index contributed by atoms with van der Waals surface area (Å²) in [6.45, 7) is 2.50. The van der Waals surface area contributed by atoms with Gasteiger partial charge in [-0.2, -0.15) is 0 Å². The van der Waals surface area contributed by atoms with Crippen LogP contribution in [0.5, 0.6) is 0 Å². The van der Waals surface area contributed by atoms with Gasteiger partial charge >= 0.3 is 0 Å². The number of methoxy groups -OCH3 is 1. The molecule has 1 N–H and O–H groups in total. The predicted molar refractivity (Wildman–Crippen MR) is 69.3 cm³/mol. The fourth-order valence-electron chi connectivity index (χ4n) is 1.96. The van der Waals surface area contributed by atoms with Crippen LogP contribution in [-0.4, -0.2) is 30.9 Å². The van der Waals surface area contributed by atoms with Crippen molar-refractivity contribution in [2.45, 2.75) is 29.5 Å². The molecule has 2 unspecified atom stereocenters. The van der Waals surface area contributed by atoms with Crippen molar-refractivity contribution in [1.29, 1.82) is 0 Å². The molecule has 4 heteroatoms. The highest BCUT2D eigenvalue weighted by Gasteiger charge is 2.28. The summed E-state index contributed by atoms with van der Waals surface area (Å²) < 4.78 is 5.01. The first-order valence-electron chi connectivity index (χ1n) is 5.74. The summed E-state index contributed by atoms with van der Waals surface area (Å²) in [5.74, 6) is 0.107. The second-order valence-corrected chi connectivity index (χ2v) is 5.53. The van der Waals surface area contributed by atoms with Crippen molar-refractivity contribution in [3.63, 3.8) is 0 Å². The molecule has 0 aliphatic carbocycles. The van der Waals surface area contributed by atoms with Crippen molar-refractivity contribution >= 4 is 17.7 Å². The first-order valence-corrected chi connectivity index (χ1v) is 6.62. The standard InChI is InChI=1S/C13H17NO2S/c1-9(8-16-2)14-13(15)12-7-10-5-3-4-6-11(10)17-12/h3-6,9,12H,7-8H2,1-2H3,(H,14,15). The number of rotatable bonds is 4. The van der Waals surface area contributed by atoms with E-state index in [2.05, 4.69) is 17.4 Å². The summed E-state index contributed by atoms with van der Waals surface area (Å²) in [5.41, 5.74) is 1.28. The Morgan fingerprint density at radius 3 is 3.06 bits per heavy atom. The van der Waals surface area contributed by atoms with Crippen LogP contribution in [-0.2, 0) is 16.0 Å². The van der Waals surface area contributed by atoms with Gasteiger partial charge in [-0.15, -0.1) is 11.8 Å². The lowest BCUT2D eigenvalue weighted by Crippen LogP contribution is -2.40. The lowest BCUT2D eigenvalue weighted by Gasteiger charge is -2.15. The molecule has 2 rings (SSSR count). The van der Waals surface area contributed by atoms with E-state index in [1.165, 1.54) is 10.5 Å². The Balaban J connectivity index is 1.92. The zero-order valence-corrected chi connectivity index (χ0v) is 10.9. The molecule has 0 radical (unpaired) electrons. The molecule has 1 aliphatic rings. The van der Waals surface area contributed by atoms with Crippen LogP contribution in [0, 0.1) is 0 Å². The minimum Gasteiger partial charge on any atom is -0.383 e. The summed E-state index contributed by atoms with van der Waals surface area (Å²) in [4.78, 5) is 13.2. The Morgan fingerprint density at radius 1 is 1.59 bits per heavy atom. The maximum atomic E-state index is 12.0. The highest BCUT2D eigenvalue weighted by atomic mass is 32.2. The van der Waals surface area contributed by atoms with Gasteiger partial charge < -0.3 is 10.1 Å². The van der Waals surface area contributed by atoms with Gasteiger partial charge in [0.25, 0.3) is 0 Å². The fourth-order valence-corrected chi connectivity index (χ4v) is 3.16. The summed E-state index contributed by atoms with van der Waals surface area (Å²) in [6.07, 6.45) is 0.826. The van der Waals surface area contributed by atoms with Gasteiger partial charge in [0.15, 0.2) is 0 Å². The van der Waals surface area contributed by atoms with E-state index in [4.69, 9.17) is 4.74 Å². The van der Waals surface area contributed by atoms with E-state index >= 15 is 0 Å². The van der Waals surface area contributed by atoms with Crippen molar-refractivity contribution in [1.82, 2.24) is 5.32 Å². The lowest BCUT2D eigenvalue weighted by molar-refractivity contribution is -0.121. The number of hydrogen-bond donors (Lipinski definition) is 1. The highest BCUT2D eigenvalue weighted by Crippen LogP contribution is 2.36. The quantitative estimate of drug-likeness (QED) is 0.887. The molecule has 1 aliphatic heterocycles. The molecule has 1 amide bonds. The number of fused-ring (bicyclic) bond motifs is 1. The first-order chi connectivity index (χ1) is 8.20. The number of carbonyl (C=O) groups excluding carboxylic acids is 1. The van der Waals surface area contributed by atoms with E-state index in [0.29, 0.717) is 6.61 Å². The van der Waals surface area contributed by atoms with Crippen LogP contribution in [0.2, 0.25) is 0 Å². The number of amides is 1. The summed E-state index contributed by atoms with van der Waals surface area (Å²) in [7, 11) is 1.64. The second kappa shape index (κ2) is 5.56. The molecule has 17 heavy (non-hydrogen) atoms. The molecule has 0 spiro atoms. The molecule has 0 bridgehead atoms. The SMILES string of the molecule is COCC(C)NC(=O)C1Cc2ccccc2S1. The lowest BCUT2D eigenvalue weighted by atomic mass is 10.1. The molecule has 1 aromatic carbocycles. The van der Waals surface area contributed by atoms with Gasteiger partial charge in [-0.05, 0) is 25.0 Å². The van der Waals surface area contributed by atoms with Crippen LogP contribution in [0.3, 0.4) is 0 Å². The van der Waals surface area contributed by atoms with E-state index in [9.17, 15) is 4.79 Å². The monoisotopic (exact) mass is 251 g/mol. The number of carbonyl (C=O) groups is 1. The molecular weight excluding hydrogens is 234 g/mol. The van der Waals surface area contributed by atoms with Crippen molar-refractivity contribution in [3.05, 3.63) is 29.8 Å². The van der Waals surface area contributed by atoms with E-state index in [0.717, 1.165) is 6.42 Å². The zero-order valence-electron chi connectivity index (χ0n) is 10.1. The minimum absolute atomic E-state index is 0.00621. The molecule has 3 nitrogen and oxygen atoms in total. The minimum atomic E-state index is 0.00621. The van der Waals surface area contributed by atoms with Gasteiger partial charge in [-0.25, -0.2) is 0 Å². The van der Waals surface area contributed by atoms with Crippen LogP contribution in [0.4, 0.5) is 0 Å². The van der Waals surface area contributed by atoms with Gasteiger partial charge in [-0.1, -0.05) is 18.2 Å². The average Bonchev–Trinajstić information content (AvgIpc) is 2.72. The van der Waals surface area contributed by atoms with Gasteiger partial charge in [0.05, 0.1) is 11.9 Å². The second-order valence-electron chi connectivity index (χ2n) is 4.28. The molecule has 1 aromatic rings. The smallest absolute Gasteiger partial charge is 0.234 e.